The average molecular weight is 407 g/mol. The maximum atomic E-state index is 12.8. The highest BCUT2D eigenvalue weighted by atomic mass is 32.2. The van der Waals surface area contributed by atoms with Crippen molar-refractivity contribution in [2.24, 2.45) is 0 Å². The molecule has 0 aromatic heterocycles. The molecule has 0 aliphatic heterocycles. The third kappa shape index (κ3) is 5.26. The van der Waals surface area contributed by atoms with Crippen LogP contribution >= 0.6 is 11.8 Å². The molecule has 2 aromatic rings. The summed E-state index contributed by atoms with van der Waals surface area (Å²) in [6.07, 6.45) is 3.86. The van der Waals surface area contributed by atoms with Crippen LogP contribution in [0.1, 0.15) is 37.0 Å². The number of sulfonamides is 1. The van der Waals surface area contributed by atoms with E-state index in [9.17, 15) is 13.2 Å². The monoisotopic (exact) mass is 406 g/mol. The summed E-state index contributed by atoms with van der Waals surface area (Å²) in [4.78, 5) is 13.5. The molecule has 0 heterocycles. The molecule has 0 unspecified atom stereocenters. The third-order valence-electron chi connectivity index (χ3n) is 4.31. The Kier molecular flexibility index (Phi) is 7.33. The van der Waals surface area contributed by atoms with Gasteiger partial charge in [-0.25, -0.2) is 8.42 Å². The number of anilines is 1. The first-order valence-corrected chi connectivity index (χ1v) is 11.5. The van der Waals surface area contributed by atoms with Crippen molar-refractivity contribution in [1.82, 2.24) is 5.32 Å². The molecule has 0 fully saturated rings. The van der Waals surface area contributed by atoms with Crippen LogP contribution in [0.25, 0.3) is 0 Å². The number of hydrogen-bond acceptors (Lipinski definition) is 4. The summed E-state index contributed by atoms with van der Waals surface area (Å²) in [5.74, 6) is -0.152. The molecule has 2 aromatic carbocycles. The zero-order valence-electron chi connectivity index (χ0n) is 16.1. The van der Waals surface area contributed by atoms with E-state index in [1.165, 1.54) is 11.4 Å². The van der Waals surface area contributed by atoms with Gasteiger partial charge < -0.3 is 5.32 Å². The Hall–Kier alpha value is -1.99. The standard InChI is InChI=1S/C20H26N2O3S2/c1-5-6-15(2)21-20(23)16-7-9-17(10-8-16)22(3)27(24,25)19-13-11-18(26-4)12-14-19/h7-15H,5-6H2,1-4H3,(H,21,23)/t15-/m1/s1. The third-order valence-corrected chi connectivity index (χ3v) is 6.85. The van der Waals surface area contributed by atoms with Crippen molar-refractivity contribution in [3.63, 3.8) is 0 Å². The number of amides is 1. The van der Waals surface area contributed by atoms with Gasteiger partial charge in [0, 0.05) is 23.5 Å². The molecular formula is C20H26N2O3S2. The van der Waals surface area contributed by atoms with E-state index in [0.29, 0.717) is 11.3 Å². The Morgan fingerprint density at radius 2 is 1.70 bits per heavy atom. The van der Waals surface area contributed by atoms with Crippen molar-refractivity contribution in [2.45, 2.75) is 42.5 Å². The normalized spacial score (nSPS) is 12.4. The van der Waals surface area contributed by atoms with Crippen LogP contribution < -0.4 is 9.62 Å². The maximum absolute atomic E-state index is 12.8. The number of hydrogen-bond donors (Lipinski definition) is 1. The molecule has 2 rings (SSSR count). The van der Waals surface area contributed by atoms with E-state index in [2.05, 4.69) is 12.2 Å². The minimum Gasteiger partial charge on any atom is -0.350 e. The molecule has 27 heavy (non-hydrogen) atoms. The second kappa shape index (κ2) is 9.28. The SMILES string of the molecule is CCC[C@@H](C)NC(=O)c1ccc(N(C)S(=O)(=O)c2ccc(SC)cc2)cc1. The molecule has 7 heteroatoms. The lowest BCUT2D eigenvalue weighted by atomic mass is 10.1. The molecule has 0 saturated carbocycles. The first-order chi connectivity index (χ1) is 12.8. The lowest BCUT2D eigenvalue weighted by Gasteiger charge is -2.20. The van der Waals surface area contributed by atoms with E-state index in [1.54, 1.807) is 60.3 Å². The topological polar surface area (TPSA) is 66.5 Å². The number of rotatable bonds is 8. The highest BCUT2D eigenvalue weighted by Crippen LogP contribution is 2.24. The fraction of sp³-hybridized carbons (Fsp3) is 0.350. The second-order valence-electron chi connectivity index (χ2n) is 6.36. The minimum absolute atomic E-state index is 0.106. The molecule has 0 bridgehead atoms. The van der Waals surface area contributed by atoms with Gasteiger partial charge in [0.2, 0.25) is 0 Å². The summed E-state index contributed by atoms with van der Waals surface area (Å²) in [7, 11) is -2.14. The maximum Gasteiger partial charge on any atom is 0.264 e. The zero-order chi connectivity index (χ0) is 20.0. The van der Waals surface area contributed by atoms with Gasteiger partial charge in [0.15, 0.2) is 0 Å². The van der Waals surface area contributed by atoms with Crippen LogP contribution in [0.2, 0.25) is 0 Å². The van der Waals surface area contributed by atoms with Gasteiger partial charge in [-0.1, -0.05) is 13.3 Å². The molecule has 1 N–H and O–H groups in total. The second-order valence-corrected chi connectivity index (χ2v) is 9.21. The predicted octanol–water partition coefficient (Wildman–Crippen LogP) is 4.15. The van der Waals surface area contributed by atoms with Gasteiger partial charge >= 0.3 is 0 Å². The Labute approximate surface area is 166 Å². The summed E-state index contributed by atoms with van der Waals surface area (Å²) < 4.78 is 26.8. The fourth-order valence-electron chi connectivity index (χ4n) is 2.68. The van der Waals surface area contributed by atoms with Gasteiger partial charge in [0.05, 0.1) is 10.6 Å². The van der Waals surface area contributed by atoms with Crippen molar-refractivity contribution in [3.05, 3.63) is 54.1 Å². The van der Waals surface area contributed by atoms with Crippen LogP contribution in [0.15, 0.2) is 58.3 Å². The van der Waals surface area contributed by atoms with Gasteiger partial charge in [-0.05, 0) is 68.1 Å². The van der Waals surface area contributed by atoms with Crippen molar-refractivity contribution in [3.8, 4) is 0 Å². The molecular weight excluding hydrogens is 380 g/mol. The number of thioether (sulfide) groups is 1. The van der Waals surface area contributed by atoms with Gasteiger partial charge in [-0.3, -0.25) is 9.10 Å². The largest absolute Gasteiger partial charge is 0.350 e. The van der Waals surface area contributed by atoms with Crippen LogP contribution in [0.3, 0.4) is 0 Å². The number of nitrogens with zero attached hydrogens (tertiary/aromatic N) is 1. The molecule has 146 valence electrons. The summed E-state index contributed by atoms with van der Waals surface area (Å²) >= 11 is 1.56. The van der Waals surface area contributed by atoms with Crippen LogP contribution in [0, 0.1) is 0 Å². The van der Waals surface area contributed by atoms with Crippen LogP contribution in [0.5, 0.6) is 0 Å². The van der Waals surface area contributed by atoms with Crippen molar-refractivity contribution in [2.75, 3.05) is 17.6 Å². The van der Waals surface area contributed by atoms with E-state index >= 15 is 0 Å². The van der Waals surface area contributed by atoms with Gasteiger partial charge in [0.25, 0.3) is 15.9 Å². The van der Waals surface area contributed by atoms with Crippen molar-refractivity contribution >= 4 is 33.4 Å². The van der Waals surface area contributed by atoms with Crippen molar-refractivity contribution < 1.29 is 13.2 Å². The lowest BCUT2D eigenvalue weighted by Crippen LogP contribution is -2.32. The van der Waals surface area contributed by atoms with Gasteiger partial charge in [0.1, 0.15) is 0 Å². The number of carbonyl (C=O) groups is 1. The summed E-state index contributed by atoms with van der Waals surface area (Å²) in [6, 6.07) is 13.5. The van der Waals surface area contributed by atoms with Gasteiger partial charge in [-0.2, -0.15) is 0 Å². The van der Waals surface area contributed by atoms with Crippen molar-refractivity contribution in [1.29, 1.82) is 0 Å². The zero-order valence-corrected chi connectivity index (χ0v) is 17.7. The van der Waals surface area contributed by atoms with Crippen LogP contribution in [-0.4, -0.2) is 33.7 Å². The Balaban J connectivity index is 2.16. The molecule has 1 amide bonds. The quantitative estimate of drug-likeness (QED) is 0.669. The number of benzene rings is 2. The molecule has 0 radical (unpaired) electrons. The Morgan fingerprint density at radius 1 is 1.11 bits per heavy atom. The van der Waals surface area contributed by atoms with Crippen LogP contribution in [-0.2, 0) is 10.0 Å². The van der Waals surface area contributed by atoms with E-state index in [0.717, 1.165) is 17.7 Å². The Morgan fingerprint density at radius 3 is 2.22 bits per heavy atom. The number of carbonyl (C=O) groups excluding carboxylic acids is 1. The highest BCUT2D eigenvalue weighted by Gasteiger charge is 2.21. The molecule has 0 aliphatic rings. The van der Waals surface area contributed by atoms with Crippen LogP contribution in [0.4, 0.5) is 5.69 Å². The first kappa shape index (κ1) is 21.3. The lowest BCUT2D eigenvalue weighted by molar-refractivity contribution is 0.0938. The molecule has 1 atom stereocenters. The average Bonchev–Trinajstić information content (AvgIpc) is 2.67. The fourth-order valence-corrected chi connectivity index (χ4v) is 4.28. The predicted molar refractivity (Wildman–Crippen MR) is 112 cm³/mol. The molecule has 5 nitrogen and oxygen atoms in total. The van der Waals surface area contributed by atoms with E-state index in [1.807, 2.05) is 13.2 Å². The summed E-state index contributed by atoms with van der Waals surface area (Å²) in [5, 5.41) is 2.94. The Bertz CT molecular complexity index is 863. The molecule has 0 aliphatic carbocycles. The van der Waals surface area contributed by atoms with E-state index in [4.69, 9.17) is 0 Å². The molecule has 0 saturated heterocycles. The van der Waals surface area contributed by atoms with Gasteiger partial charge in [-0.15, -0.1) is 11.8 Å². The summed E-state index contributed by atoms with van der Waals surface area (Å²) in [6.45, 7) is 4.04. The van der Waals surface area contributed by atoms with E-state index < -0.39 is 10.0 Å². The first-order valence-electron chi connectivity index (χ1n) is 8.83. The smallest absolute Gasteiger partial charge is 0.264 e. The minimum atomic E-state index is -3.65. The summed E-state index contributed by atoms with van der Waals surface area (Å²) in [5.41, 5.74) is 1.01. The number of nitrogens with one attached hydrogen (secondary N) is 1. The van der Waals surface area contributed by atoms with E-state index in [-0.39, 0.29) is 16.8 Å². The molecule has 0 spiro atoms. The highest BCUT2D eigenvalue weighted by molar-refractivity contribution is 7.98.